The topological polar surface area (TPSA) is 139 Å². The summed E-state index contributed by atoms with van der Waals surface area (Å²) in [5.41, 5.74) is 1.32. The minimum Gasteiger partial charge on any atom is -0.497 e. The van der Waals surface area contributed by atoms with Gasteiger partial charge in [-0.2, -0.15) is 0 Å². The van der Waals surface area contributed by atoms with Crippen molar-refractivity contribution in [2.75, 3.05) is 24.5 Å². The maximum Gasteiger partial charge on any atom is 0.273 e. The lowest BCUT2D eigenvalue weighted by atomic mass is 10.0. The lowest BCUT2D eigenvalue weighted by Crippen LogP contribution is -2.53. The van der Waals surface area contributed by atoms with E-state index >= 15 is 0 Å². The van der Waals surface area contributed by atoms with Crippen LogP contribution in [0.2, 0.25) is 10.0 Å². The Morgan fingerprint density at radius 2 is 1.64 bits per heavy atom. The Morgan fingerprint density at radius 1 is 0.940 bits per heavy atom. The summed E-state index contributed by atoms with van der Waals surface area (Å²) in [4.78, 5) is 40.6. The van der Waals surface area contributed by atoms with E-state index in [4.69, 9.17) is 27.9 Å². The second kappa shape index (κ2) is 17.3. The second-order valence-electron chi connectivity index (χ2n) is 11.5. The predicted molar refractivity (Wildman–Crippen MR) is 194 cm³/mol. The van der Waals surface area contributed by atoms with Crippen molar-refractivity contribution in [2.45, 2.75) is 50.6 Å². The van der Waals surface area contributed by atoms with Crippen LogP contribution in [-0.2, 0) is 32.6 Å². The number of nitrogens with one attached hydrogen (secondary N) is 1. The molecule has 0 aliphatic carbocycles. The molecule has 0 spiro atoms. The summed E-state index contributed by atoms with van der Waals surface area (Å²) >= 11 is 12.5. The van der Waals surface area contributed by atoms with E-state index in [1.165, 1.54) is 55.3 Å². The van der Waals surface area contributed by atoms with E-state index in [1.807, 2.05) is 37.3 Å². The maximum absolute atomic E-state index is 14.6. The fourth-order valence-corrected chi connectivity index (χ4v) is 7.00. The van der Waals surface area contributed by atoms with Crippen LogP contribution in [0.25, 0.3) is 0 Å². The minimum atomic E-state index is -4.58. The van der Waals surface area contributed by atoms with Crippen LogP contribution in [-0.4, -0.2) is 56.3 Å². The zero-order valence-corrected chi connectivity index (χ0v) is 30.2. The number of ether oxygens (including phenoxy) is 1. The number of nitro benzene ring substituents is 1. The van der Waals surface area contributed by atoms with Gasteiger partial charge >= 0.3 is 0 Å². The van der Waals surface area contributed by atoms with Crippen molar-refractivity contribution in [1.82, 2.24) is 10.2 Å². The van der Waals surface area contributed by atoms with Crippen LogP contribution in [0.4, 0.5) is 11.4 Å². The number of carbonyl (C=O) groups is 2. The molecule has 14 heteroatoms. The van der Waals surface area contributed by atoms with Crippen LogP contribution in [0.1, 0.15) is 36.5 Å². The second-order valence-corrected chi connectivity index (χ2v) is 14.2. The van der Waals surface area contributed by atoms with E-state index in [9.17, 15) is 28.1 Å². The van der Waals surface area contributed by atoms with Crippen molar-refractivity contribution in [1.29, 1.82) is 0 Å². The van der Waals surface area contributed by atoms with Gasteiger partial charge in [-0.3, -0.25) is 24.0 Å². The van der Waals surface area contributed by atoms with Crippen LogP contribution < -0.4 is 14.4 Å². The quantitative estimate of drug-likeness (QED) is 0.0744. The van der Waals surface area contributed by atoms with Crippen molar-refractivity contribution in [3.63, 3.8) is 0 Å². The van der Waals surface area contributed by atoms with Gasteiger partial charge in [0, 0.05) is 31.1 Å². The highest BCUT2D eigenvalue weighted by Gasteiger charge is 2.35. The van der Waals surface area contributed by atoms with Crippen molar-refractivity contribution < 1.29 is 27.7 Å². The minimum absolute atomic E-state index is 0.101. The van der Waals surface area contributed by atoms with Crippen molar-refractivity contribution in [2.24, 2.45) is 0 Å². The number of rotatable bonds is 16. The van der Waals surface area contributed by atoms with Gasteiger partial charge in [0.1, 0.15) is 18.3 Å². The molecule has 4 aromatic rings. The zero-order valence-electron chi connectivity index (χ0n) is 27.8. The molecule has 0 saturated heterocycles. The first-order valence-corrected chi connectivity index (χ1v) is 18.0. The lowest BCUT2D eigenvalue weighted by molar-refractivity contribution is -0.385. The number of aryl methyl sites for hydroxylation is 1. The van der Waals surface area contributed by atoms with E-state index < -0.39 is 39.3 Å². The molecule has 0 heterocycles. The fourth-order valence-electron chi connectivity index (χ4n) is 5.25. The molecule has 1 atom stereocenters. The molecule has 264 valence electrons. The number of methoxy groups -OCH3 is 1. The molecule has 0 bridgehead atoms. The molecule has 4 rings (SSSR count). The van der Waals surface area contributed by atoms with Gasteiger partial charge in [-0.15, -0.1) is 0 Å². The number of unbranched alkanes of at least 4 members (excludes halogenated alkanes) is 1. The lowest BCUT2D eigenvalue weighted by Gasteiger charge is -2.34. The van der Waals surface area contributed by atoms with Crippen LogP contribution >= 0.6 is 23.2 Å². The standard InChI is InChI=1S/C36H38Cl2N4O7S/c1-4-5-19-39-36(44)34(21-26-9-7-6-8-10-26)40(23-27-12-18-31(37)32(38)20-27)35(43)24-41(28-13-15-29(49-3)16-14-28)50(47,48)30-17-11-25(2)33(22-30)42(45)46/h6-18,20,22,34H,4-5,19,21,23-24H2,1-3H3,(H,39,44)/t34-/m0/s1. The van der Waals surface area contributed by atoms with Crippen molar-refractivity contribution in [3.05, 3.63) is 128 Å². The molecule has 1 N–H and O–H groups in total. The summed E-state index contributed by atoms with van der Waals surface area (Å²) in [6.07, 6.45) is 1.68. The highest BCUT2D eigenvalue weighted by molar-refractivity contribution is 7.92. The number of benzene rings is 4. The number of anilines is 1. The number of amides is 2. The number of halogens is 2. The van der Waals surface area contributed by atoms with Crippen LogP contribution in [0.15, 0.2) is 95.9 Å². The summed E-state index contributed by atoms with van der Waals surface area (Å²) in [7, 11) is -3.13. The largest absolute Gasteiger partial charge is 0.497 e. The van der Waals surface area contributed by atoms with Gasteiger partial charge in [0.05, 0.1) is 32.7 Å². The molecule has 0 unspecified atom stereocenters. The third-order valence-electron chi connectivity index (χ3n) is 8.04. The zero-order chi connectivity index (χ0) is 36.4. The van der Waals surface area contributed by atoms with E-state index in [0.29, 0.717) is 22.9 Å². The van der Waals surface area contributed by atoms with Gasteiger partial charge in [-0.25, -0.2) is 8.42 Å². The fraction of sp³-hybridized carbons (Fsp3) is 0.278. The Kier molecular flexibility index (Phi) is 13.2. The molecule has 0 aliphatic heterocycles. The number of nitro groups is 1. The molecule has 0 aromatic heterocycles. The highest BCUT2D eigenvalue weighted by atomic mass is 35.5. The third kappa shape index (κ3) is 9.52. The van der Waals surface area contributed by atoms with Crippen LogP contribution in [0, 0.1) is 17.0 Å². The first-order chi connectivity index (χ1) is 23.8. The monoisotopic (exact) mass is 740 g/mol. The molecule has 11 nitrogen and oxygen atoms in total. The Balaban J connectivity index is 1.84. The van der Waals surface area contributed by atoms with Crippen LogP contribution in [0.5, 0.6) is 5.75 Å². The summed E-state index contributed by atoms with van der Waals surface area (Å²) in [5.74, 6) is -0.677. The molecule has 0 aliphatic rings. The van der Waals surface area contributed by atoms with Gasteiger partial charge in [-0.1, -0.05) is 79.0 Å². The molecular formula is C36H38Cl2N4O7S. The summed E-state index contributed by atoms with van der Waals surface area (Å²) in [6, 6.07) is 22.5. The number of sulfonamides is 1. The average molecular weight is 742 g/mol. The summed E-state index contributed by atoms with van der Waals surface area (Å²) in [5, 5.41) is 15.2. The van der Waals surface area contributed by atoms with Crippen molar-refractivity contribution in [3.8, 4) is 5.75 Å². The third-order valence-corrected chi connectivity index (χ3v) is 10.6. The van der Waals surface area contributed by atoms with Gasteiger partial charge < -0.3 is 15.0 Å². The van der Waals surface area contributed by atoms with Gasteiger partial charge in [0.15, 0.2) is 0 Å². The van der Waals surface area contributed by atoms with Crippen LogP contribution in [0.3, 0.4) is 0 Å². The smallest absolute Gasteiger partial charge is 0.273 e. The molecule has 4 aromatic carbocycles. The first kappa shape index (κ1) is 38.2. The summed E-state index contributed by atoms with van der Waals surface area (Å²) < 4.78 is 34.8. The predicted octanol–water partition coefficient (Wildman–Crippen LogP) is 6.97. The van der Waals surface area contributed by atoms with E-state index in [1.54, 1.807) is 18.2 Å². The molecule has 0 radical (unpaired) electrons. The van der Waals surface area contributed by atoms with Gasteiger partial charge in [-0.05, 0) is 66.9 Å². The molecule has 0 saturated carbocycles. The van der Waals surface area contributed by atoms with Gasteiger partial charge in [0.2, 0.25) is 11.8 Å². The normalized spacial score (nSPS) is 11.8. The average Bonchev–Trinajstić information content (AvgIpc) is 3.10. The number of hydrogen-bond acceptors (Lipinski definition) is 7. The number of nitrogens with zero attached hydrogens (tertiary/aromatic N) is 3. The summed E-state index contributed by atoms with van der Waals surface area (Å²) in [6.45, 7) is 3.02. The van der Waals surface area contributed by atoms with E-state index in [-0.39, 0.29) is 39.8 Å². The van der Waals surface area contributed by atoms with Gasteiger partial charge in [0.25, 0.3) is 15.7 Å². The SMILES string of the molecule is CCCCNC(=O)[C@H](Cc1ccccc1)N(Cc1ccc(Cl)c(Cl)c1)C(=O)CN(c1ccc(OC)cc1)S(=O)(=O)c1ccc(C)c([N+](=O)[O-])c1. The Labute approximate surface area is 302 Å². The maximum atomic E-state index is 14.6. The van der Waals surface area contributed by atoms with E-state index in [0.717, 1.165) is 28.8 Å². The molecule has 50 heavy (non-hydrogen) atoms. The Bertz CT molecular complexity index is 1930. The molecule has 0 fully saturated rings. The Morgan fingerprint density at radius 3 is 2.26 bits per heavy atom. The molecular weight excluding hydrogens is 703 g/mol. The van der Waals surface area contributed by atoms with Crippen molar-refractivity contribution >= 4 is 56.4 Å². The Hall–Kier alpha value is -4.65. The highest BCUT2D eigenvalue weighted by Crippen LogP contribution is 2.30. The van der Waals surface area contributed by atoms with E-state index in [2.05, 4.69) is 5.32 Å². The number of carbonyl (C=O) groups excluding carboxylic acids is 2. The number of hydrogen-bond donors (Lipinski definition) is 1. The molecule has 2 amide bonds. The first-order valence-electron chi connectivity index (χ1n) is 15.8.